The second-order valence-electron chi connectivity index (χ2n) is 5.60. The number of rotatable bonds is 6. The van der Waals surface area contributed by atoms with Crippen LogP contribution >= 0.6 is 0 Å². The normalized spacial score (nSPS) is 10.9. The van der Waals surface area contributed by atoms with E-state index in [1.165, 1.54) is 0 Å². The largest absolute Gasteiger partial charge is 0.405 e. The minimum atomic E-state index is -4.45. The molecular weight excluding hydrogens is 347 g/mol. The van der Waals surface area contributed by atoms with Gasteiger partial charge in [0, 0.05) is 16.9 Å². The number of carbonyl (C=O) groups excluding carboxylic acids is 2. The molecule has 0 heterocycles. The average molecular weight is 365 g/mol. The average Bonchev–Trinajstić information content (AvgIpc) is 2.60. The summed E-state index contributed by atoms with van der Waals surface area (Å²) in [5.41, 5.74) is 2.32. The molecule has 26 heavy (non-hydrogen) atoms. The lowest BCUT2D eigenvalue weighted by Crippen LogP contribution is -2.37. The maximum Gasteiger partial charge on any atom is 0.405 e. The van der Waals surface area contributed by atoms with Gasteiger partial charge in [0.15, 0.2) is 0 Å². The van der Waals surface area contributed by atoms with Crippen LogP contribution in [0.2, 0.25) is 0 Å². The molecule has 0 fully saturated rings. The second kappa shape index (κ2) is 8.37. The van der Waals surface area contributed by atoms with Crippen LogP contribution in [0.5, 0.6) is 0 Å². The summed E-state index contributed by atoms with van der Waals surface area (Å²) < 4.78 is 36.2. The van der Waals surface area contributed by atoms with Gasteiger partial charge in [-0.3, -0.25) is 9.59 Å². The Morgan fingerprint density at radius 3 is 2.38 bits per heavy atom. The van der Waals surface area contributed by atoms with Crippen LogP contribution in [0.1, 0.15) is 15.9 Å². The lowest BCUT2D eigenvalue weighted by molar-refractivity contribution is -0.137. The van der Waals surface area contributed by atoms with Crippen molar-refractivity contribution in [3.8, 4) is 0 Å². The van der Waals surface area contributed by atoms with Crippen LogP contribution in [0.15, 0.2) is 48.5 Å². The molecule has 5 nitrogen and oxygen atoms in total. The summed E-state index contributed by atoms with van der Waals surface area (Å²) in [6.45, 7) is 0.0887. The summed E-state index contributed by atoms with van der Waals surface area (Å²) in [6.07, 6.45) is -4.45. The highest BCUT2D eigenvalue weighted by atomic mass is 19.4. The Bertz CT molecular complexity index is 777. The molecule has 2 aromatic rings. The Morgan fingerprint density at radius 2 is 1.73 bits per heavy atom. The molecule has 8 heteroatoms. The fourth-order valence-electron chi connectivity index (χ4n) is 2.12. The van der Waals surface area contributed by atoms with Gasteiger partial charge in [-0.2, -0.15) is 13.2 Å². The molecule has 0 spiro atoms. The van der Waals surface area contributed by atoms with Crippen molar-refractivity contribution < 1.29 is 22.8 Å². The van der Waals surface area contributed by atoms with Crippen LogP contribution in [-0.2, 0) is 4.79 Å². The van der Waals surface area contributed by atoms with Crippen LogP contribution in [0, 0.1) is 6.92 Å². The fraction of sp³-hybridized carbons (Fsp3) is 0.222. The summed E-state index contributed by atoms with van der Waals surface area (Å²) in [7, 11) is 0. The number of nitrogens with one attached hydrogen (secondary N) is 3. The maximum absolute atomic E-state index is 12.2. The first-order valence-corrected chi connectivity index (χ1v) is 7.79. The van der Waals surface area contributed by atoms with Crippen molar-refractivity contribution in [3.63, 3.8) is 0 Å². The van der Waals surface area contributed by atoms with Gasteiger partial charge >= 0.3 is 6.18 Å². The second-order valence-corrected chi connectivity index (χ2v) is 5.60. The van der Waals surface area contributed by atoms with Crippen LogP contribution in [-0.4, -0.2) is 31.1 Å². The monoisotopic (exact) mass is 365 g/mol. The summed E-state index contributed by atoms with van der Waals surface area (Å²) in [5, 5.41) is 7.29. The van der Waals surface area contributed by atoms with Crippen LogP contribution in [0.3, 0.4) is 0 Å². The van der Waals surface area contributed by atoms with Gasteiger partial charge in [-0.15, -0.1) is 0 Å². The van der Waals surface area contributed by atoms with E-state index < -0.39 is 18.6 Å². The minimum Gasteiger partial charge on any atom is -0.376 e. The number of halogens is 3. The highest BCUT2D eigenvalue weighted by Gasteiger charge is 2.27. The SMILES string of the molecule is Cc1ccc(NC(=O)c2ccccc2)cc1NCC(=O)NCC(F)(F)F. The number of hydrogen-bond acceptors (Lipinski definition) is 3. The standard InChI is InChI=1S/C18H18F3N3O2/c1-12-7-8-14(24-17(26)13-5-3-2-4-6-13)9-15(12)22-10-16(25)23-11-18(19,20)21/h2-9,22H,10-11H2,1H3,(H,23,25)(H,24,26). The van der Waals surface area contributed by atoms with E-state index in [-0.39, 0.29) is 12.5 Å². The summed E-state index contributed by atoms with van der Waals surface area (Å²) in [5.74, 6) is -1.07. The third kappa shape index (κ3) is 6.12. The number of alkyl halides is 3. The topological polar surface area (TPSA) is 70.2 Å². The van der Waals surface area contributed by atoms with Crippen molar-refractivity contribution in [3.05, 3.63) is 59.7 Å². The third-order valence-corrected chi connectivity index (χ3v) is 3.46. The number of anilines is 2. The van der Waals surface area contributed by atoms with Crippen molar-refractivity contribution in [2.24, 2.45) is 0 Å². The Morgan fingerprint density at radius 1 is 1.04 bits per heavy atom. The van der Waals surface area contributed by atoms with E-state index in [9.17, 15) is 22.8 Å². The van der Waals surface area contributed by atoms with Crippen LogP contribution in [0.25, 0.3) is 0 Å². The quantitative estimate of drug-likeness (QED) is 0.735. The Hall–Kier alpha value is -3.03. The molecule has 3 N–H and O–H groups in total. The molecule has 0 radical (unpaired) electrons. The summed E-state index contributed by atoms with van der Waals surface area (Å²) >= 11 is 0. The molecule has 2 amide bonds. The van der Waals surface area contributed by atoms with Gasteiger partial charge in [0.2, 0.25) is 5.91 Å². The third-order valence-electron chi connectivity index (χ3n) is 3.46. The zero-order valence-electron chi connectivity index (χ0n) is 14.0. The van der Waals surface area contributed by atoms with Gasteiger partial charge in [0.1, 0.15) is 6.54 Å². The van der Waals surface area contributed by atoms with Crippen molar-refractivity contribution >= 4 is 23.2 Å². The highest BCUT2D eigenvalue weighted by molar-refractivity contribution is 6.04. The Labute approximate surface area is 148 Å². The smallest absolute Gasteiger partial charge is 0.376 e. The van der Waals surface area contributed by atoms with Crippen molar-refractivity contribution in [1.29, 1.82) is 0 Å². The lowest BCUT2D eigenvalue weighted by Gasteiger charge is -2.13. The molecule has 138 valence electrons. The molecule has 0 atom stereocenters. The van der Waals surface area contributed by atoms with Gasteiger partial charge in [0.25, 0.3) is 5.91 Å². The van der Waals surface area contributed by atoms with Gasteiger partial charge in [0.05, 0.1) is 6.54 Å². The molecule has 0 unspecified atom stereocenters. The maximum atomic E-state index is 12.2. The number of amides is 2. The Kier molecular flexibility index (Phi) is 6.21. The van der Waals surface area contributed by atoms with E-state index in [0.29, 0.717) is 16.9 Å². The van der Waals surface area contributed by atoms with Crippen molar-refractivity contribution in [2.45, 2.75) is 13.1 Å². The van der Waals surface area contributed by atoms with E-state index in [4.69, 9.17) is 0 Å². The number of hydrogen-bond donors (Lipinski definition) is 3. The molecule has 0 bridgehead atoms. The molecule has 0 saturated heterocycles. The zero-order chi connectivity index (χ0) is 19.2. The first-order chi connectivity index (χ1) is 12.2. The van der Waals surface area contributed by atoms with Gasteiger partial charge in [-0.25, -0.2) is 0 Å². The lowest BCUT2D eigenvalue weighted by atomic mass is 10.1. The Balaban J connectivity index is 1.96. The van der Waals surface area contributed by atoms with E-state index in [1.54, 1.807) is 60.8 Å². The van der Waals surface area contributed by atoms with Crippen LogP contribution < -0.4 is 16.0 Å². The highest BCUT2D eigenvalue weighted by Crippen LogP contribution is 2.21. The van der Waals surface area contributed by atoms with Gasteiger partial charge in [-0.1, -0.05) is 24.3 Å². The molecule has 2 aromatic carbocycles. The van der Waals surface area contributed by atoms with E-state index >= 15 is 0 Å². The van der Waals surface area contributed by atoms with Crippen molar-refractivity contribution in [2.75, 3.05) is 23.7 Å². The molecule has 0 aromatic heterocycles. The van der Waals surface area contributed by atoms with E-state index in [2.05, 4.69) is 10.6 Å². The molecule has 0 aliphatic heterocycles. The predicted molar refractivity (Wildman–Crippen MR) is 93.1 cm³/mol. The minimum absolute atomic E-state index is 0.289. The molecule has 0 saturated carbocycles. The molecule has 0 aliphatic rings. The first-order valence-electron chi connectivity index (χ1n) is 7.79. The van der Waals surface area contributed by atoms with Crippen molar-refractivity contribution in [1.82, 2.24) is 5.32 Å². The van der Waals surface area contributed by atoms with Gasteiger partial charge < -0.3 is 16.0 Å². The number of carbonyl (C=O) groups is 2. The molecular formula is C18H18F3N3O2. The van der Waals surface area contributed by atoms with E-state index in [1.807, 2.05) is 0 Å². The zero-order valence-corrected chi connectivity index (χ0v) is 14.0. The first kappa shape index (κ1) is 19.3. The van der Waals surface area contributed by atoms with E-state index in [0.717, 1.165) is 5.56 Å². The summed E-state index contributed by atoms with van der Waals surface area (Å²) in [6, 6.07) is 13.7. The van der Waals surface area contributed by atoms with Crippen LogP contribution in [0.4, 0.5) is 24.5 Å². The fourth-order valence-corrected chi connectivity index (χ4v) is 2.12. The molecule has 0 aliphatic carbocycles. The number of aryl methyl sites for hydroxylation is 1. The molecule has 2 rings (SSSR count). The number of benzene rings is 2. The van der Waals surface area contributed by atoms with Gasteiger partial charge in [-0.05, 0) is 36.8 Å². The summed E-state index contributed by atoms with van der Waals surface area (Å²) in [4.78, 5) is 23.6. The predicted octanol–water partition coefficient (Wildman–Crippen LogP) is 3.34.